The minimum absolute atomic E-state index is 0.00437. The van der Waals surface area contributed by atoms with Crippen LogP contribution in [0, 0.1) is 0 Å². The average Bonchev–Trinajstić information content (AvgIpc) is 3.20. The van der Waals surface area contributed by atoms with Gasteiger partial charge in [-0.1, -0.05) is 43.3 Å². The molecule has 4 rings (SSSR count). The molecule has 0 saturated carbocycles. The van der Waals surface area contributed by atoms with E-state index in [9.17, 15) is 14.4 Å². The predicted octanol–water partition coefficient (Wildman–Crippen LogP) is 4.31. The minimum Gasteiger partial charge on any atom is -0.481 e. The van der Waals surface area contributed by atoms with Gasteiger partial charge in [0.25, 0.3) is 0 Å². The van der Waals surface area contributed by atoms with Crippen LogP contribution in [-0.2, 0) is 27.2 Å². The van der Waals surface area contributed by atoms with E-state index in [1.807, 2.05) is 60.7 Å². The molecular formula is C25H25N3O4S. The summed E-state index contributed by atoms with van der Waals surface area (Å²) >= 11 is 1.37. The van der Waals surface area contributed by atoms with Gasteiger partial charge < -0.3 is 10.4 Å². The van der Waals surface area contributed by atoms with E-state index in [1.165, 1.54) is 17.3 Å². The van der Waals surface area contributed by atoms with Crippen LogP contribution in [0.2, 0.25) is 0 Å². The third-order valence-corrected chi connectivity index (χ3v) is 6.80. The van der Waals surface area contributed by atoms with Gasteiger partial charge in [-0.2, -0.15) is 0 Å². The Morgan fingerprint density at radius 1 is 1.09 bits per heavy atom. The molecule has 0 fully saturated rings. The van der Waals surface area contributed by atoms with Gasteiger partial charge in [-0.25, -0.2) is 0 Å². The van der Waals surface area contributed by atoms with E-state index in [-0.39, 0.29) is 31.1 Å². The minimum atomic E-state index is -0.906. The molecule has 0 aliphatic carbocycles. The van der Waals surface area contributed by atoms with E-state index in [0.717, 1.165) is 28.3 Å². The molecule has 1 aliphatic heterocycles. The topological polar surface area (TPSA) is 100 Å². The fourth-order valence-corrected chi connectivity index (χ4v) is 4.85. The lowest BCUT2D eigenvalue weighted by molar-refractivity contribution is -0.137. The van der Waals surface area contributed by atoms with Crippen molar-refractivity contribution in [2.45, 2.75) is 42.8 Å². The first-order chi connectivity index (χ1) is 15.9. The van der Waals surface area contributed by atoms with E-state index < -0.39 is 11.2 Å². The highest BCUT2D eigenvalue weighted by molar-refractivity contribution is 8.01. The van der Waals surface area contributed by atoms with Crippen LogP contribution in [0.4, 0.5) is 5.69 Å². The summed E-state index contributed by atoms with van der Waals surface area (Å²) < 4.78 is 1.64. The third kappa shape index (κ3) is 5.28. The van der Waals surface area contributed by atoms with Gasteiger partial charge in [0.1, 0.15) is 0 Å². The lowest BCUT2D eigenvalue weighted by Gasteiger charge is -2.24. The van der Waals surface area contributed by atoms with Gasteiger partial charge in [0.05, 0.1) is 23.1 Å². The number of carbonyl (C=O) groups excluding carboxylic acids is 2. The van der Waals surface area contributed by atoms with Crippen LogP contribution >= 0.6 is 11.8 Å². The number of aromatic nitrogens is 1. The number of hydrogen-bond acceptors (Lipinski definition) is 4. The second-order valence-electron chi connectivity index (χ2n) is 7.82. The van der Waals surface area contributed by atoms with Crippen molar-refractivity contribution in [1.29, 1.82) is 0 Å². The van der Waals surface area contributed by atoms with Crippen molar-refractivity contribution < 1.29 is 19.5 Å². The predicted molar refractivity (Wildman–Crippen MR) is 129 cm³/mol. The first-order valence-corrected chi connectivity index (χ1v) is 11.7. The highest BCUT2D eigenvalue weighted by Gasteiger charge is 2.29. The van der Waals surface area contributed by atoms with Gasteiger partial charge in [-0.3, -0.25) is 24.5 Å². The van der Waals surface area contributed by atoms with Crippen LogP contribution in [0.15, 0.2) is 65.6 Å². The molecule has 0 spiro atoms. The average molecular weight is 464 g/mol. The number of benzene rings is 2. The van der Waals surface area contributed by atoms with Gasteiger partial charge in [0.15, 0.2) is 0 Å². The normalized spacial score (nSPS) is 14.9. The van der Waals surface area contributed by atoms with Gasteiger partial charge in [0.2, 0.25) is 11.8 Å². The number of aliphatic carboxylic acids is 1. The zero-order chi connectivity index (χ0) is 23.4. The molecule has 2 amide bonds. The summed E-state index contributed by atoms with van der Waals surface area (Å²) in [6.45, 7) is 2.08. The summed E-state index contributed by atoms with van der Waals surface area (Å²) in [6, 6.07) is 19.2. The maximum absolute atomic E-state index is 13.0. The Labute approximate surface area is 196 Å². The Balaban J connectivity index is 1.55. The molecule has 170 valence electrons. The molecule has 2 heterocycles. The number of rotatable bonds is 8. The van der Waals surface area contributed by atoms with Crippen molar-refractivity contribution >= 4 is 35.2 Å². The number of para-hydroxylation sites is 1. The fourth-order valence-electron chi connectivity index (χ4n) is 3.74. The van der Waals surface area contributed by atoms with Crippen molar-refractivity contribution in [3.05, 3.63) is 71.9 Å². The Morgan fingerprint density at radius 2 is 1.85 bits per heavy atom. The summed E-state index contributed by atoms with van der Waals surface area (Å²) in [4.78, 5) is 37.5. The molecule has 33 heavy (non-hydrogen) atoms. The van der Waals surface area contributed by atoms with E-state index in [1.54, 1.807) is 4.68 Å². The summed E-state index contributed by atoms with van der Waals surface area (Å²) in [5, 5.41) is 11.4. The highest BCUT2D eigenvalue weighted by Crippen LogP contribution is 2.36. The molecule has 1 aromatic heterocycles. The lowest BCUT2D eigenvalue weighted by atomic mass is 10.1. The highest BCUT2D eigenvalue weighted by atomic mass is 32.2. The first-order valence-electron chi connectivity index (χ1n) is 10.8. The molecule has 0 bridgehead atoms. The van der Waals surface area contributed by atoms with Gasteiger partial charge >= 0.3 is 5.97 Å². The molecule has 2 aromatic carbocycles. The zero-order valence-corrected chi connectivity index (χ0v) is 19.0. The van der Waals surface area contributed by atoms with Crippen molar-refractivity contribution in [2.75, 3.05) is 10.7 Å². The Morgan fingerprint density at radius 3 is 2.58 bits per heavy atom. The molecule has 3 aromatic rings. The number of hydrogen-bond donors (Lipinski definition) is 3. The molecule has 7 nitrogen and oxygen atoms in total. The molecule has 0 radical (unpaired) electrons. The number of carboxylic acids is 1. The van der Waals surface area contributed by atoms with Crippen LogP contribution in [-0.4, -0.2) is 32.8 Å². The largest absolute Gasteiger partial charge is 0.481 e. The zero-order valence-electron chi connectivity index (χ0n) is 18.2. The van der Waals surface area contributed by atoms with E-state index in [0.29, 0.717) is 5.69 Å². The summed E-state index contributed by atoms with van der Waals surface area (Å²) in [5.74, 6) is -1.43. The van der Waals surface area contributed by atoms with Crippen LogP contribution in [0.25, 0.3) is 11.3 Å². The monoisotopic (exact) mass is 463 g/mol. The summed E-state index contributed by atoms with van der Waals surface area (Å²) in [5.41, 5.74) is 7.21. The molecule has 1 atom stereocenters. The van der Waals surface area contributed by atoms with E-state index >= 15 is 0 Å². The molecule has 0 saturated heterocycles. The van der Waals surface area contributed by atoms with Crippen molar-refractivity contribution in [1.82, 2.24) is 4.68 Å². The quantitative estimate of drug-likeness (QED) is 0.462. The van der Waals surface area contributed by atoms with E-state index in [4.69, 9.17) is 5.11 Å². The van der Waals surface area contributed by atoms with E-state index in [2.05, 4.69) is 17.7 Å². The first kappa shape index (κ1) is 22.7. The molecule has 3 N–H and O–H groups in total. The van der Waals surface area contributed by atoms with Crippen molar-refractivity contribution in [3.8, 4) is 11.3 Å². The number of anilines is 1. The number of fused-ring (bicyclic) bond motifs is 1. The maximum atomic E-state index is 13.0. The number of amides is 2. The second kappa shape index (κ2) is 9.95. The third-order valence-electron chi connectivity index (χ3n) is 5.53. The second-order valence-corrected chi connectivity index (χ2v) is 9.07. The van der Waals surface area contributed by atoms with Crippen molar-refractivity contribution in [3.63, 3.8) is 0 Å². The summed E-state index contributed by atoms with van der Waals surface area (Å²) in [6.07, 6.45) is 1.14. The van der Waals surface area contributed by atoms with Crippen LogP contribution in [0.5, 0.6) is 0 Å². The maximum Gasteiger partial charge on any atom is 0.303 e. The number of nitrogens with zero attached hydrogens (tertiary/aromatic N) is 1. The number of carboxylic acid groups (broad SMARTS) is 1. The van der Waals surface area contributed by atoms with Gasteiger partial charge in [0, 0.05) is 29.0 Å². The molecule has 8 heteroatoms. The van der Waals surface area contributed by atoms with Gasteiger partial charge in [-0.05, 0) is 36.2 Å². The fraction of sp³-hybridized carbons (Fsp3) is 0.240. The smallest absolute Gasteiger partial charge is 0.303 e. The van der Waals surface area contributed by atoms with Crippen LogP contribution < -0.4 is 10.7 Å². The Kier molecular flexibility index (Phi) is 6.84. The molecular weight excluding hydrogens is 438 g/mol. The number of thioether (sulfide) groups is 1. The van der Waals surface area contributed by atoms with Gasteiger partial charge in [-0.15, -0.1) is 11.8 Å². The van der Waals surface area contributed by atoms with Crippen molar-refractivity contribution in [2.24, 2.45) is 0 Å². The SMILES string of the molecule is CCc1ccc(-c2ccc(CCC(=O)O)n2NC(=O)C[C@H]2Sc3ccccc3NC2=O)cc1. The molecule has 1 aliphatic rings. The molecule has 0 unspecified atom stereocenters. The number of nitrogens with one attached hydrogen (secondary N) is 2. The van der Waals surface area contributed by atoms with Crippen LogP contribution in [0.3, 0.4) is 0 Å². The summed E-state index contributed by atoms with van der Waals surface area (Å²) in [7, 11) is 0. The number of carbonyl (C=O) groups is 3. The Hall–Kier alpha value is -3.52. The number of aryl methyl sites for hydroxylation is 2. The standard InChI is InChI=1S/C25H25N3O4S/c1-2-16-7-9-17(10-8-16)20-13-11-18(12-14-24(30)31)28(20)27-23(29)15-22-25(32)26-19-5-3-4-6-21(19)33-22/h3-11,13,22H,2,12,14-15H2,1H3,(H,26,32)(H,27,29)(H,30,31)/t22-/m1/s1. The van der Waals surface area contributed by atoms with Crippen LogP contribution in [0.1, 0.15) is 31.0 Å². The Bertz CT molecular complexity index is 1190. The lowest BCUT2D eigenvalue weighted by Crippen LogP contribution is -2.34.